The van der Waals surface area contributed by atoms with E-state index in [1.165, 1.54) is 23.0 Å². The third kappa shape index (κ3) is 7.90. The number of ether oxygens (including phenoxy) is 1. The molecule has 0 saturated carbocycles. The van der Waals surface area contributed by atoms with E-state index in [2.05, 4.69) is 91.0 Å². The van der Waals surface area contributed by atoms with Gasteiger partial charge in [-0.1, -0.05) is 80.3 Å². The van der Waals surface area contributed by atoms with Gasteiger partial charge >= 0.3 is 5.97 Å². The van der Waals surface area contributed by atoms with Gasteiger partial charge in [-0.05, 0) is 49.2 Å². The summed E-state index contributed by atoms with van der Waals surface area (Å²) in [7, 11) is -0.554. The van der Waals surface area contributed by atoms with E-state index in [-0.39, 0.29) is 36.0 Å². The molecule has 34 heavy (non-hydrogen) atoms. The van der Waals surface area contributed by atoms with Crippen LogP contribution in [0.15, 0.2) is 91.0 Å². The number of carbonyl (C=O) groups excluding carboxylic acids is 1. The molecule has 0 amide bonds. The fraction of sp³-hybridized carbons (Fsp3) is 0.345. The zero-order valence-electron chi connectivity index (χ0n) is 20.0. The van der Waals surface area contributed by atoms with Gasteiger partial charge in [0.2, 0.25) is 0 Å². The topological polar surface area (TPSA) is 46.5 Å². The molecule has 0 fully saturated rings. The highest BCUT2D eigenvalue weighted by Gasteiger charge is 2.46. The summed E-state index contributed by atoms with van der Waals surface area (Å²) in [6.07, 6.45) is 6.73. The van der Waals surface area contributed by atoms with E-state index >= 15 is 0 Å². The number of hydrogen-bond acceptors (Lipinski definition) is 3. The molecule has 182 valence electrons. The van der Waals surface area contributed by atoms with Crippen LogP contribution in [0.5, 0.6) is 0 Å². The Kier molecular flexibility index (Phi) is 12.8. The number of benzene rings is 3. The summed E-state index contributed by atoms with van der Waals surface area (Å²) >= 11 is 0. The van der Waals surface area contributed by atoms with E-state index in [0.717, 1.165) is 44.7 Å². The van der Waals surface area contributed by atoms with E-state index in [0.29, 0.717) is 6.42 Å². The first-order valence-corrected chi connectivity index (χ1v) is 13.9. The van der Waals surface area contributed by atoms with Gasteiger partial charge < -0.3 is 33.8 Å². The van der Waals surface area contributed by atoms with Crippen LogP contribution in [0.1, 0.15) is 44.9 Å². The van der Waals surface area contributed by atoms with Crippen LogP contribution in [0.2, 0.25) is 0 Å². The van der Waals surface area contributed by atoms with Crippen LogP contribution >= 0.6 is 7.26 Å². The average molecular weight is 590 g/mol. The first-order valence-electron chi connectivity index (χ1n) is 12.0. The van der Waals surface area contributed by atoms with Crippen molar-refractivity contribution in [3.63, 3.8) is 0 Å². The standard InChI is InChI=1S/C29H36O3P.HI/c1-32-29(31)23-15-4-2-3-8-16-25(30)24-33(26-17-9-5-10-18-26,27-19-11-6-12-20-27)28-21-13-7-14-22-28;/h5-7,9-14,17-22,25,30H,2-4,8,15-16,23-24H2,1H3;1H/q+1;/p-1/t25-;/m0./s1. The SMILES string of the molecule is COC(=O)CCCCCCC[C@H](O)C[P+](c1ccccc1)(c1ccccc1)c1ccccc1.[I-]. The molecule has 0 unspecified atom stereocenters. The molecule has 0 saturated heterocycles. The summed E-state index contributed by atoms with van der Waals surface area (Å²) in [4.78, 5) is 11.2. The lowest BCUT2D eigenvalue weighted by atomic mass is 10.1. The smallest absolute Gasteiger partial charge is 0.305 e. The van der Waals surface area contributed by atoms with Gasteiger partial charge in [0.05, 0.1) is 19.4 Å². The van der Waals surface area contributed by atoms with Crippen molar-refractivity contribution in [1.82, 2.24) is 0 Å². The van der Waals surface area contributed by atoms with Crippen molar-refractivity contribution < 1.29 is 38.6 Å². The zero-order valence-corrected chi connectivity index (χ0v) is 23.0. The molecule has 3 rings (SSSR count). The van der Waals surface area contributed by atoms with Crippen molar-refractivity contribution in [2.75, 3.05) is 13.3 Å². The van der Waals surface area contributed by atoms with Crippen LogP contribution in [0.25, 0.3) is 0 Å². The number of halogens is 1. The average Bonchev–Trinajstić information content (AvgIpc) is 2.88. The van der Waals surface area contributed by atoms with Crippen LogP contribution in [0, 0.1) is 0 Å². The molecular weight excluding hydrogens is 554 g/mol. The van der Waals surface area contributed by atoms with Crippen molar-refractivity contribution in [1.29, 1.82) is 0 Å². The van der Waals surface area contributed by atoms with Gasteiger partial charge in [-0.3, -0.25) is 4.79 Å². The van der Waals surface area contributed by atoms with Crippen LogP contribution in [0.3, 0.4) is 0 Å². The Morgan fingerprint density at radius 2 is 1.15 bits per heavy atom. The summed E-state index contributed by atoms with van der Waals surface area (Å²) < 4.78 is 4.70. The number of rotatable bonds is 13. The lowest BCUT2D eigenvalue weighted by Crippen LogP contribution is -3.00. The molecule has 0 aliphatic heterocycles. The van der Waals surface area contributed by atoms with Gasteiger partial charge in [0, 0.05) is 6.42 Å². The zero-order chi connectivity index (χ0) is 23.4. The second-order valence-corrected chi connectivity index (χ2v) is 12.1. The van der Waals surface area contributed by atoms with Gasteiger partial charge in [-0.15, -0.1) is 0 Å². The van der Waals surface area contributed by atoms with Crippen molar-refractivity contribution in [2.45, 2.75) is 51.0 Å². The first-order chi connectivity index (χ1) is 16.2. The quantitative estimate of drug-likeness (QED) is 0.144. The molecule has 5 heteroatoms. The molecule has 0 aromatic heterocycles. The minimum Gasteiger partial charge on any atom is -1.00 e. The number of unbranched alkanes of at least 4 members (excludes halogenated alkanes) is 4. The van der Waals surface area contributed by atoms with Crippen LogP contribution in [0.4, 0.5) is 0 Å². The largest absolute Gasteiger partial charge is 1.00 e. The fourth-order valence-corrected chi connectivity index (χ4v) is 8.88. The van der Waals surface area contributed by atoms with Crippen molar-refractivity contribution >= 4 is 29.1 Å². The van der Waals surface area contributed by atoms with Crippen LogP contribution in [-0.4, -0.2) is 30.5 Å². The third-order valence-electron chi connectivity index (χ3n) is 6.22. The molecule has 0 heterocycles. The molecule has 0 radical (unpaired) electrons. The predicted molar refractivity (Wildman–Crippen MR) is 140 cm³/mol. The van der Waals surface area contributed by atoms with Gasteiger partial charge in [0.1, 0.15) is 23.2 Å². The molecule has 0 bridgehead atoms. The summed E-state index contributed by atoms with van der Waals surface area (Å²) in [6.45, 7) is 0. The maximum Gasteiger partial charge on any atom is 0.305 e. The normalized spacial score (nSPS) is 11.9. The molecule has 0 aliphatic rings. The summed E-state index contributed by atoms with van der Waals surface area (Å²) in [5.41, 5.74) is 0. The van der Waals surface area contributed by atoms with Crippen LogP contribution < -0.4 is 39.9 Å². The lowest BCUT2D eigenvalue weighted by molar-refractivity contribution is -0.140. The number of methoxy groups -OCH3 is 1. The maximum absolute atomic E-state index is 11.2. The third-order valence-corrected chi connectivity index (χ3v) is 10.7. The number of aliphatic hydroxyl groups excluding tert-OH is 1. The van der Waals surface area contributed by atoms with E-state index in [1.807, 2.05) is 0 Å². The Morgan fingerprint density at radius 3 is 1.59 bits per heavy atom. The molecule has 1 N–H and O–H groups in total. The molecule has 3 aromatic rings. The molecule has 0 aliphatic carbocycles. The summed E-state index contributed by atoms with van der Waals surface area (Å²) in [6, 6.07) is 32.2. The highest BCUT2D eigenvalue weighted by Crippen LogP contribution is 2.56. The maximum atomic E-state index is 11.2. The fourth-order valence-electron chi connectivity index (χ4n) is 4.50. The second kappa shape index (κ2) is 15.3. The Balaban J connectivity index is 0.00000408. The highest BCUT2D eigenvalue weighted by atomic mass is 127. The Morgan fingerprint density at radius 1 is 0.735 bits per heavy atom. The van der Waals surface area contributed by atoms with Gasteiger partial charge in [-0.2, -0.15) is 0 Å². The molecule has 3 nitrogen and oxygen atoms in total. The van der Waals surface area contributed by atoms with Crippen molar-refractivity contribution in [2.24, 2.45) is 0 Å². The van der Waals surface area contributed by atoms with Crippen LogP contribution in [-0.2, 0) is 9.53 Å². The molecular formula is C29H36IO3P. The first kappa shape index (κ1) is 28.5. The van der Waals surface area contributed by atoms with Crippen molar-refractivity contribution in [3.8, 4) is 0 Å². The number of esters is 1. The molecule has 1 atom stereocenters. The predicted octanol–water partition coefficient (Wildman–Crippen LogP) is 2.25. The Hall–Kier alpha value is -1.75. The van der Waals surface area contributed by atoms with Gasteiger partial charge in [0.15, 0.2) is 0 Å². The Bertz CT molecular complexity index is 854. The summed E-state index contributed by atoms with van der Waals surface area (Å²) in [5, 5.41) is 15.2. The van der Waals surface area contributed by atoms with Gasteiger partial charge in [-0.25, -0.2) is 0 Å². The lowest BCUT2D eigenvalue weighted by Gasteiger charge is -2.29. The molecule has 3 aromatic carbocycles. The van der Waals surface area contributed by atoms with Gasteiger partial charge in [0.25, 0.3) is 0 Å². The van der Waals surface area contributed by atoms with E-state index in [1.54, 1.807) is 0 Å². The highest BCUT2D eigenvalue weighted by molar-refractivity contribution is 7.95. The summed E-state index contributed by atoms with van der Waals surface area (Å²) in [5.74, 6) is -0.131. The second-order valence-electron chi connectivity index (χ2n) is 8.54. The van der Waals surface area contributed by atoms with E-state index < -0.39 is 7.26 Å². The van der Waals surface area contributed by atoms with Crippen molar-refractivity contribution in [3.05, 3.63) is 91.0 Å². The van der Waals surface area contributed by atoms with E-state index in [4.69, 9.17) is 4.74 Å². The minimum atomic E-state index is -1.99. The number of carbonyl (C=O) groups is 1. The monoisotopic (exact) mass is 590 g/mol. The molecule has 0 spiro atoms. The minimum absolute atomic E-state index is 0. The number of aliphatic hydroxyl groups is 1. The van der Waals surface area contributed by atoms with E-state index in [9.17, 15) is 9.90 Å². The number of hydrogen-bond donors (Lipinski definition) is 1. The Labute approximate surface area is 222 Å².